The monoisotopic (exact) mass is 336 g/mol. The number of aliphatic hydroxyl groups is 1. The van der Waals surface area contributed by atoms with E-state index in [0.717, 1.165) is 17.0 Å². The van der Waals surface area contributed by atoms with E-state index >= 15 is 0 Å². The molecular formula is C17H21ClN2O3. The highest BCUT2D eigenvalue weighted by Gasteiger charge is 2.09. The molecule has 0 aliphatic carbocycles. The topological polar surface area (TPSA) is 70.6 Å². The molecule has 0 aromatic heterocycles. The number of anilines is 1. The molecule has 0 saturated carbocycles. The first-order valence-corrected chi connectivity index (χ1v) is 7.06. The molecule has 1 atom stereocenters. The highest BCUT2D eigenvalue weighted by molar-refractivity contribution is 5.85. The summed E-state index contributed by atoms with van der Waals surface area (Å²) in [4.78, 5) is 11.7. The van der Waals surface area contributed by atoms with Gasteiger partial charge in [-0.2, -0.15) is 0 Å². The molecule has 2 rings (SSSR count). The summed E-state index contributed by atoms with van der Waals surface area (Å²) in [6.45, 7) is 0.334. The van der Waals surface area contributed by atoms with Gasteiger partial charge in [0.05, 0.1) is 19.8 Å². The molecule has 1 unspecified atom stereocenters. The maximum Gasteiger partial charge on any atom is 0.239 e. The highest BCUT2D eigenvalue weighted by atomic mass is 35.5. The zero-order chi connectivity index (χ0) is 15.8. The molecule has 0 radical (unpaired) electrons. The van der Waals surface area contributed by atoms with E-state index < -0.39 is 6.10 Å². The number of carbonyl (C=O) groups excluding carboxylic acids is 1. The van der Waals surface area contributed by atoms with Crippen molar-refractivity contribution in [3.63, 3.8) is 0 Å². The number of aliphatic hydroxyl groups excluding tert-OH is 1. The number of hydrogen-bond donors (Lipinski definition) is 3. The fourth-order valence-corrected chi connectivity index (χ4v) is 1.96. The molecule has 0 heterocycles. The summed E-state index contributed by atoms with van der Waals surface area (Å²) in [5.74, 6) is 0.559. The van der Waals surface area contributed by atoms with Crippen molar-refractivity contribution < 1.29 is 14.6 Å². The van der Waals surface area contributed by atoms with Gasteiger partial charge in [-0.15, -0.1) is 12.4 Å². The van der Waals surface area contributed by atoms with E-state index in [9.17, 15) is 9.90 Å². The van der Waals surface area contributed by atoms with Crippen LogP contribution < -0.4 is 15.4 Å². The van der Waals surface area contributed by atoms with Gasteiger partial charge in [0.1, 0.15) is 5.75 Å². The largest absolute Gasteiger partial charge is 0.497 e. The molecule has 0 aliphatic rings. The molecular weight excluding hydrogens is 316 g/mol. The van der Waals surface area contributed by atoms with E-state index in [1.54, 1.807) is 31.4 Å². The van der Waals surface area contributed by atoms with E-state index in [1.165, 1.54) is 0 Å². The van der Waals surface area contributed by atoms with E-state index in [1.807, 2.05) is 30.3 Å². The van der Waals surface area contributed by atoms with Crippen molar-refractivity contribution in [1.29, 1.82) is 0 Å². The zero-order valence-corrected chi connectivity index (χ0v) is 13.7. The molecule has 5 nitrogen and oxygen atoms in total. The second kappa shape index (κ2) is 9.71. The molecule has 1 amide bonds. The lowest BCUT2D eigenvalue weighted by Crippen LogP contribution is -2.33. The Balaban J connectivity index is 0.00000264. The van der Waals surface area contributed by atoms with Crippen molar-refractivity contribution in [2.75, 3.05) is 25.5 Å². The number of methoxy groups -OCH3 is 1. The second-order valence-electron chi connectivity index (χ2n) is 4.81. The molecule has 124 valence electrons. The second-order valence-corrected chi connectivity index (χ2v) is 4.81. The molecule has 23 heavy (non-hydrogen) atoms. The summed E-state index contributed by atoms with van der Waals surface area (Å²) in [6.07, 6.45) is -0.744. The number of hydrogen-bond acceptors (Lipinski definition) is 4. The normalized spacial score (nSPS) is 11.0. The van der Waals surface area contributed by atoms with Crippen LogP contribution in [0, 0.1) is 0 Å². The lowest BCUT2D eigenvalue weighted by molar-refractivity contribution is -0.119. The molecule has 0 aliphatic heterocycles. The number of amides is 1. The van der Waals surface area contributed by atoms with Gasteiger partial charge in [0.25, 0.3) is 0 Å². The molecule has 3 N–H and O–H groups in total. The van der Waals surface area contributed by atoms with E-state index in [-0.39, 0.29) is 31.4 Å². The van der Waals surface area contributed by atoms with Crippen molar-refractivity contribution in [1.82, 2.24) is 5.32 Å². The third-order valence-corrected chi connectivity index (χ3v) is 3.22. The number of halogens is 1. The van der Waals surface area contributed by atoms with Gasteiger partial charge in [0.15, 0.2) is 0 Å². The fourth-order valence-electron chi connectivity index (χ4n) is 1.96. The summed E-state index contributed by atoms with van der Waals surface area (Å²) >= 11 is 0. The SMILES string of the molecule is COc1ccc(C(O)CNC(=O)CNc2ccccc2)cc1.Cl. The minimum atomic E-state index is -0.744. The van der Waals surface area contributed by atoms with Crippen LogP contribution in [0.5, 0.6) is 5.75 Å². The Kier molecular flexibility index (Phi) is 7.94. The smallest absolute Gasteiger partial charge is 0.239 e. The fraction of sp³-hybridized carbons (Fsp3) is 0.235. The van der Waals surface area contributed by atoms with Gasteiger partial charge in [-0.1, -0.05) is 30.3 Å². The molecule has 0 spiro atoms. The van der Waals surface area contributed by atoms with Crippen LogP contribution in [0.25, 0.3) is 0 Å². The van der Waals surface area contributed by atoms with Crippen LogP contribution in [-0.4, -0.2) is 31.2 Å². The Morgan fingerprint density at radius 1 is 1.13 bits per heavy atom. The first kappa shape index (κ1) is 18.8. The van der Waals surface area contributed by atoms with Gasteiger partial charge in [-0.05, 0) is 29.8 Å². The Bertz CT molecular complexity index is 591. The van der Waals surface area contributed by atoms with Gasteiger partial charge >= 0.3 is 0 Å². The summed E-state index contributed by atoms with van der Waals surface area (Å²) in [5.41, 5.74) is 1.62. The Morgan fingerprint density at radius 3 is 2.39 bits per heavy atom. The summed E-state index contributed by atoms with van der Waals surface area (Å²) in [5, 5.41) is 15.8. The van der Waals surface area contributed by atoms with Crippen LogP contribution in [-0.2, 0) is 4.79 Å². The molecule has 6 heteroatoms. The Hall–Kier alpha value is -2.24. The summed E-state index contributed by atoms with van der Waals surface area (Å²) in [6, 6.07) is 16.6. The number of carbonyl (C=O) groups is 1. The Morgan fingerprint density at radius 2 is 1.78 bits per heavy atom. The summed E-state index contributed by atoms with van der Waals surface area (Å²) < 4.78 is 5.06. The first-order chi connectivity index (χ1) is 10.7. The van der Waals surface area contributed by atoms with Crippen LogP contribution in [0.2, 0.25) is 0 Å². The zero-order valence-electron chi connectivity index (χ0n) is 12.9. The average Bonchev–Trinajstić information content (AvgIpc) is 2.58. The van der Waals surface area contributed by atoms with Crippen LogP contribution in [0.15, 0.2) is 54.6 Å². The predicted molar refractivity (Wildman–Crippen MR) is 93.1 cm³/mol. The minimum absolute atomic E-state index is 0. The lowest BCUT2D eigenvalue weighted by atomic mass is 10.1. The van der Waals surface area contributed by atoms with Gasteiger partial charge < -0.3 is 20.5 Å². The van der Waals surface area contributed by atoms with Crippen LogP contribution in [0.3, 0.4) is 0 Å². The third kappa shape index (κ3) is 6.18. The summed E-state index contributed by atoms with van der Waals surface area (Å²) in [7, 11) is 1.59. The molecule has 2 aromatic rings. The predicted octanol–water partition coefficient (Wildman–Crippen LogP) is 2.38. The molecule has 0 bridgehead atoms. The van der Waals surface area contributed by atoms with Gasteiger partial charge in [-0.3, -0.25) is 4.79 Å². The van der Waals surface area contributed by atoms with E-state index in [0.29, 0.717) is 0 Å². The van der Waals surface area contributed by atoms with Crippen molar-refractivity contribution in [2.24, 2.45) is 0 Å². The lowest BCUT2D eigenvalue weighted by Gasteiger charge is -2.13. The van der Waals surface area contributed by atoms with Crippen molar-refractivity contribution in [2.45, 2.75) is 6.10 Å². The van der Waals surface area contributed by atoms with Crippen molar-refractivity contribution in [3.05, 3.63) is 60.2 Å². The van der Waals surface area contributed by atoms with Gasteiger partial charge in [-0.25, -0.2) is 0 Å². The minimum Gasteiger partial charge on any atom is -0.497 e. The van der Waals surface area contributed by atoms with E-state index in [4.69, 9.17) is 4.74 Å². The highest BCUT2D eigenvalue weighted by Crippen LogP contribution is 2.16. The molecule has 0 saturated heterocycles. The van der Waals surface area contributed by atoms with Crippen molar-refractivity contribution in [3.8, 4) is 5.75 Å². The molecule has 0 fully saturated rings. The number of ether oxygens (including phenoxy) is 1. The standard InChI is InChI=1S/C17H20N2O3.ClH/c1-22-15-9-7-13(8-10-15)16(20)11-19-17(21)12-18-14-5-3-2-4-6-14;/h2-10,16,18,20H,11-12H2,1H3,(H,19,21);1H. The Labute approximate surface area is 142 Å². The number of nitrogens with one attached hydrogen (secondary N) is 2. The number of para-hydroxylation sites is 1. The van der Waals surface area contributed by atoms with Crippen LogP contribution in [0.4, 0.5) is 5.69 Å². The van der Waals surface area contributed by atoms with Gasteiger partial charge in [0.2, 0.25) is 5.91 Å². The number of rotatable bonds is 7. The van der Waals surface area contributed by atoms with Crippen molar-refractivity contribution >= 4 is 24.0 Å². The molecule has 2 aromatic carbocycles. The van der Waals surface area contributed by atoms with Crippen LogP contribution >= 0.6 is 12.4 Å². The van der Waals surface area contributed by atoms with E-state index in [2.05, 4.69) is 10.6 Å². The first-order valence-electron chi connectivity index (χ1n) is 7.06. The average molecular weight is 337 g/mol. The van der Waals surface area contributed by atoms with Gasteiger partial charge in [0, 0.05) is 12.2 Å². The maximum atomic E-state index is 11.7. The number of benzene rings is 2. The third-order valence-electron chi connectivity index (χ3n) is 3.22. The maximum absolute atomic E-state index is 11.7. The van der Waals surface area contributed by atoms with Crippen LogP contribution in [0.1, 0.15) is 11.7 Å². The quantitative estimate of drug-likeness (QED) is 0.726.